The fourth-order valence-corrected chi connectivity index (χ4v) is 5.58. The zero-order chi connectivity index (χ0) is 28.0. The van der Waals surface area contributed by atoms with Gasteiger partial charge in [0.1, 0.15) is 11.6 Å². The number of fused-ring (bicyclic) bond motifs is 1. The van der Waals surface area contributed by atoms with Gasteiger partial charge in [0.25, 0.3) is 10.0 Å². The van der Waals surface area contributed by atoms with Crippen molar-refractivity contribution < 1.29 is 31.5 Å². The van der Waals surface area contributed by atoms with E-state index in [1.54, 1.807) is 42.8 Å². The number of sulfonamides is 1. The molecule has 0 aliphatic carbocycles. The second-order valence-corrected chi connectivity index (χ2v) is 10.8. The zero-order valence-electron chi connectivity index (χ0n) is 21.3. The Bertz CT molecular complexity index is 1620. The van der Waals surface area contributed by atoms with E-state index < -0.39 is 32.9 Å². The lowest BCUT2D eigenvalue weighted by Crippen LogP contribution is -2.37. The molecule has 1 amide bonds. The minimum atomic E-state index is -4.62. The molecule has 2 heterocycles. The van der Waals surface area contributed by atoms with Crippen LogP contribution in [0, 0.1) is 6.92 Å². The smallest absolute Gasteiger partial charge is 0.421 e. The van der Waals surface area contributed by atoms with Crippen LogP contribution in [-0.2, 0) is 36.1 Å². The third-order valence-electron chi connectivity index (χ3n) is 6.09. The van der Waals surface area contributed by atoms with E-state index >= 15 is 0 Å². The normalized spacial score (nSPS) is 11.7. The number of benzene rings is 2. The summed E-state index contributed by atoms with van der Waals surface area (Å²) in [6, 6.07) is 8.92. The number of aryl methyl sites for hydroxylation is 3. The van der Waals surface area contributed by atoms with Gasteiger partial charge in [-0.1, -0.05) is 30.7 Å². The predicted molar refractivity (Wildman–Crippen MR) is 149 cm³/mol. The molecule has 0 aliphatic heterocycles. The van der Waals surface area contributed by atoms with Crippen LogP contribution < -0.4 is 0 Å². The molecule has 40 heavy (non-hydrogen) atoms. The molecule has 1 N–H and O–H groups in total. The van der Waals surface area contributed by atoms with Crippen molar-refractivity contribution in [2.45, 2.75) is 37.9 Å². The van der Waals surface area contributed by atoms with E-state index in [0.29, 0.717) is 39.1 Å². The molecule has 0 atom stereocenters. The maximum absolute atomic E-state index is 13.3. The van der Waals surface area contributed by atoms with Crippen LogP contribution >= 0.6 is 36.4 Å². The third kappa shape index (κ3) is 6.32. The summed E-state index contributed by atoms with van der Waals surface area (Å²) >= 11 is 5.94. The average molecular weight is 643 g/mol. The van der Waals surface area contributed by atoms with Gasteiger partial charge in [0.2, 0.25) is 0 Å². The van der Waals surface area contributed by atoms with Crippen LogP contribution in [0.4, 0.5) is 18.0 Å². The Hall–Kier alpha value is -3.00. The van der Waals surface area contributed by atoms with E-state index in [-0.39, 0.29) is 48.3 Å². The lowest BCUT2D eigenvalue weighted by Gasteiger charge is -2.18. The van der Waals surface area contributed by atoms with Crippen molar-refractivity contribution in [1.82, 2.24) is 23.4 Å². The SMILES string of the molecule is CCc1nc2cc(C(F)(F)F)c(Cl)cc2n1-c1ccc(CCN(C(=O)O)S(=O)(=O)c2cn(C)c(C)n2)cc1.Cl.Cl. The lowest BCUT2D eigenvalue weighted by atomic mass is 10.1. The summed E-state index contributed by atoms with van der Waals surface area (Å²) in [6.07, 6.45) is -4.47. The number of halogens is 6. The van der Waals surface area contributed by atoms with Crippen LogP contribution in [0.2, 0.25) is 5.02 Å². The molecule has 0 fully saturated rings. The van der Waals surface area contributed by atoms with E-state index in [4.69, 9.17) is 11.6 Å². The van der Waals surface area contributed by atoms with Gasteiger partial charge in [-0.2, -0.15) is 25.9 Å². The van der Waals surface area contributed by atoms with Crippen molar-refractivity contribution in [3.05, 3.63) is 70.4 Å². The molecule has 218 valence electrons. The maximum Gasteiger partial charge on any atom is 0.421 e. The van der Waals surface area contributed by atoms with Gasteiger partial charge in [-0.05, 0) is 43.2 Å². The maximum atomic E-state index is 13.3. The van der Waals surface area contributed by atoms with Crippen molar-refractivity contribution in [3.8, 4) is 5.69 Å². The van der Waals surface area contributed by atoms with Crippen molar-refractivity contribution in [3.63, 3.8) is 0 Å². The van der Waals surface area contributed by atoms with Gasteiger partial charge in [0.05, 0.1) is 21.6 Å². The summed E-state index contributed by atoms with van der Waals surface area (Å²) in [6.45, 7) is 3.08. The predicted octanol–water partition coefficient (Wildman–Crippen LogP) is 6.06. The zero-order valence-corrected chi connectivity index (χ0v) is 24.5. The first kappa shape index (κ1) is 33.2. The monoisotopic (exact) mass is 641 g/mol. The van der Waals surface area contributed by atoms with Crippen LogP contribution in [-0.4, -0.2) is 49.6 Å². The highest BCUT2D eigenvalue weighted by Gasteiger charge is 2.34. The van der Waals surface area contributed by atoms with Crippen molar-refractivity contribution in [2.75, 3.05) is 6.54 Å². The highest BCUT2D eigenvalue weighted by molar-refractivity contribution is 7.89. The van der Waals surface area contributed by atoms with Crippen LogP contribution in [0.15, 0.2) is 47.6 Å². The number of carboxylic acid groups (broad SMARTS) is 1. The molecule has 0 spiro atoms. The molecular weight excluding hydrogens is 618 g/mol. The summed E-state index contributed by atoms with van der Waals surface area (Å²) in [5.74, 6) is 0.941. The molecule has 0 unspecified atom stereocenters. The molecule has 0 bridgehead atoms. The molecular formula is C24H25Cl3F3N5O4S. The number of hydrogen-bond donors (Lipinski definition) is 1. The van der Waals surface area contributed by atoms with Crippen LogP contribution in [0.3, 0.4) is 0 Å². The van der Waals surface area contributed by atoms with Gasteiger partial charge in [-0.25, -0.2) is 14.8 Å². The van der Waals surface area contributed by atoms with Crippen LogP contribution in [0.5, 0.6) is 0 Å². The molecule has 0 saturated heterocycles. The molecule has 0 radical (unpaired) electrons. The quantitative estimate of drug-likeness (QED) is 0.263. The number of aromatic nitrogens is 4. The largest absolute Gasteiger partial charge is 0.464 e. The molecule has 0 saturated carbocycles. The van der Waals surface area contributed by atoms with Gasteiger partial charge in [0.15, 0.2) is 5.03 Å². The Labute approximate surface area is 245 Å². The Morgan fingerprint density at radius 1 is 1.12 bits per heavy atom. The van der Waals surface area contributed by atoms with Crippen LogP contribution in [0.1, 0.15) is 29.7 Å². The van der Waals surface area contributed by atoms with Crippen molar-refractivity contribution in [2.24, 2.45) is 7.05 Å². The first-order chi connectivity index (χ1) is 17.7. The second kappa shape index (κ2) is 12.2. The van der Waals surface area contributed by atoms with E-state index in [0.717, 1.165) is 6.07 Å². The minimum absolute atomic E-state index is 0. The summed E-state index contributed by atoms with van der Waals surface area (Å²) in [5, 5.41) is 8.76. The molecule has 0 aliphatic rings. The van der Waals surface area contributed by atoms with E-state index in [1.807, 2.05) is 6.92 Å². The molecule has 4 rings (SSSR count). The summed E-state index contributed by atoms with van der Waals surface area (Å²) in [7, 11) is -2.77. The van der Waals surface area contributed by atoms with E-state index in [9.17, 15) is 31.5 Å². The number of nitrogens with zero attached hydrogens (tertiary/aromatic N) is 5. The Morgan fingerprint density at radius 3 is 2.25 bits per heavy atom. The lowest BCUT2D eigenvalue weighted by molar-refractivity contribution is -0.137. The van der Waals surface area contributed by atoms with Gasteiger partial charge >= 0.3 is 12.3 Å². The fraction of sp³-hybridized carbons (Fsp3) is 0.292. The summed E-state index contributed by atoms with van der Waals surface area (Å²) < 4.78 is 69.1. The molecule has 16 heteroatoms. The van der Waals surface area contributed by atoms with Crippen molar-refractivity contribution >= 4 is 63.6 Å². The number of hydrogen-bond acceptors (Lipinski definition) is 5. The van der Waals surface area contributed by atoms with Gasteiger partial charge < -0.3 is 9.67 Å². The Balaban J connectivity index is 0.00000280. The number of alkyl halides is 3. The number of rotatable bonds is 7. The second-order valence-electron chi connectivity index (χ2n) is 8.55. The summed E-state index contributed by atoms with van der Waals surface area (Å²) in [5.41, 5.74) is 0.840. The topological polar surface area (TPSA) is 110 Å². The number of imidazole rings is 2. The standard InChI is InChI=1S/C24H23ClF3N5O4S.2ClH/c1-4-21-30-19-11-17(24(26,27)28)18(25)12-20(19)33(21)16-7-5-15(6-8-16)9-10-32(23(34)35)38(36,37)22-13-31(3)14(2)29-22;;/h5-8,11-13H,4,9-10H2,1-3H3,(H,34,35);2*1H. The molecule has 4 aromatic rings. The fourth-order valence-electron chi connectivity index (χ4n) is 4.02. The first-order valence-corrected chi connectivity index (χ1v) is 13.2. The van der Waals surface area contributed by atoms with E-state index in [1.165, 1.54) is 16.8 Å². The Morgan fingerprint density at radius 2 is 1.75 bits per heavy atom. The van der Waals surface area contributed by atoms with Crippen molar-refractivity contribution in [1.29, 1.82) is 0 Å². The molecule has 2 aromatic carbocycles. The van der Waals surface area contributed by atoms with Crippen LogP contribution in [0.25, 0.3) is 16.7 Å². The van der Waals surface area contributed by atoms with Gasteiger partial charge in [-0.3, -0.25) is 4.57 Å². The van der Waals surface area contributed by atoms with Gasteiger partial charge in [0, 0.05) is 31.9 Å². The average Bonchev–Trinajstić information content (AvgIpc) is 3.37. The highest BCUT2D eigenvalue weighted by atomic mass is 35.5. The first-order valence-electron chi connectivity index (χ1n) is 11.4. The van der Waals surface area contributed by atoms with Gasteiger partial charge in [-0.15, -0.1) is 24.8 Å². The molecule has 9 nitrogen and oxygen atoms in total. The summed E-state index contributed by atoms with van der Waals surface area (Å²) in [4.78, 5) is 20.1. The van der Waals surface area contributed by atoms with E-state index in [2.05, 4.69) is 9.97 Å². The third-order valence-corrected chi connectivity index (χ3v) is 8.04. The highest BCUT2D eigenvalue weighted by Crippen LogP contribution is 2.37. The minimum Gasteiger partial charge on any atom is -0.464 e. The molecule has 2 aromatic heterocycles. The Kier molecular flexibility index (Phi) is 10.2. The number of carbonyl (C=O) groups is 1. The number of amides is 1.